The molecule has 0 bridgehead atoms. The van der Waals surface area contributed by atoms with Gasteiger partial charge < -0.3 is 31.9 Å². The Hall–Kier alpha value is -3.86. The second kappa shape index (κ2) is 13.6. The van der Waals surface area contributed by atoms with Crippen molar-refractivity contribution in [1.29, 1.82) is 0 Å². The standard InChI is InChI=1S/C46H61N3O7/c1-26(39(53)54)22-33(50)30(25-49-40(47)48)27(2)32-23-44(55)20-21-46(56)31(17-16-28-12-8-7-9-13-28)37-41(3,4)35(52)18-19-42(37,5)36-34(51)24-45(32,29-14-10-11-15-29)43(44,6)38(36)46/h7-9,12-13,16-17,20-22,27,29-33,37,50,55-56H,10-11,14-15,18-19,23-25H2,1-6H3,(H,53,54)(H4,47,48,49). The zero-order chi connectivity index (χ0) is 40.8. The van der Waals surface area contributed by atoms with Gasteiger partial charge in [0.2, 0.25) is 0 Å². The van der Waals surface area contributed by atoms with Gasteiger partial charge in [-0.3, -0.25) is 14.6 Å². The summed E-state index contributed by atoms with van der Waals surface area (Å²) in [6.07, 6.45) is 12.5. The number of aliphatic hydroxyl groups is 3. The minimum absolute atomic E-state index is 0.0113. The summed E-state index contributed by atoms with van der Waals surface area (Å²) in [6.45, 7) is 11.6. The molecule has 7 rings (SSSR count). The van der Waals surface area contributed by atoms with E-state index in [2.05, 4.69) is 18.8 Å². The van der Waals surface area contributed by atoms with E-state index in [1.54, 1.807) is 12.2 Å². The number of nitrogens with two attached hydrogens (primary N) is 2. The van der Waals surface area contributed by atoms with Crippen molar-refractivity contribution in [1.82, 2.24) is 0 Å². The third-order valence-electron chi connectivity index (χ3n) is 16.3. The lowest BCUT2D eigenvalue weighted by atomic mass is 9.34. The Morgan fingerprint density at radius 2 is 1.70 bits per heavy atom. The molecule has 0 saturated heterocycles. The SMILES string of the molecule is CC(=CC(O)C(CN=C(N)N)C(C)C1CC2(O)C=CC3(O)C4=C(C(=O)CC1(C1CCCC1)C42C)C1(C)CCC(=O)C(C)(C)C1C3C=Cc1ccccc1)C(=O)O. The van der Waals surface area contributed by atoms with Gasteiger partial charge in [-0.1, -0.05) is 96.0 Å². The number of benzene rings is 1. The number of fused-ring (bicyclic) bond motifs is 2. The molecule has 6 aliphatic rings. The summed E-state index contributed by atoms with van der Waals surface area (Å²) in [7, 11) is 0. The lowest BCUT2D eigenvalue weighted by Gasteiger charge is -2.69. The van der Waals surface area contributed by atoms with Gasteiger partial charge in [-0.05, 0) is 85.0 Å². The van der Waals surface area contributed by atoms with Crippen LogP contribution in [0.15, 0.2) is 76.3 Å². The number of Topliss-reactive ketones (excluding diaryl/α,β-unsaturated/α-hetero) is 2. The molecule has 0 aromatic heterocycles. The lowest BCUT2D eigenvalue weighted by molar-refractivity contribution is -0.169. The molecular weight excluding hydrogens is 707 g/mol. The fraction of sp³-hybridized carbons (Fsp3) is 0.609. The molecule has 1 aromatic carbocycles. The summed E-state index contributed by atoms with van der Waals surface area (Å²) >= 11 is 0. The Balaban J connectivity index is 1.49. The smallest absolute Gasteiger partial charge is 0.331 e. The van der Waals surface area contributed by atoms with E-state index in [4.69, 9.17) is 11.5 Å². The fourth-order valence-electron chi connectivity index (χ4n) is 13.8. The van der Waals surface area contributed by atoms with Crippen molar-refractivity contribution in [3.05, 3.63) is 76.9 Å². The average molecular weight is 768 g/mol. The van der Waals surface area contributed by atoms with Crippen molar-refractivity contribution in [2.24, 2.45) is 73.6 Å². The Kier molecular flexibility index (Phi) is 9.81. The molecule has 3 fully saturated rings. The van der Waals surface area contributed by atoms with Crippen LogP contribution in [-0.2, 0) is 14.4 Å². The maximum Gasteiger partial charge on any atom is 0.331 e. The fourth-order valence-corrected chi connectivity index (χ4v) is 13.8. The maximum absolute atomic E-state index is 15.6. The number of carboxylic acids is 1. The van der Waals surface area contributed by atoms with Crippen molar-refractivity contribution in [3.63, 3.8) is 0 Å². The molecule has 0 amide bonds. The van der Waals surface area contributed by atoms with E-state index >= 15 is 4.79 Å². The van der Waals surface area contributed by atoms with Crippen LogP contribution in [0.3, 0.4) is 0 Å². The van der Waals surface area contributed by atoms with E-state index in [0.29, 0.717) is 24.0 Å². The first-order valence-corrected chi connectivity index (χ1v) is 20.6. The molecule has 11 unspecified atom stereocenters. The van der Waals surface area contributed by atoms with Crippen LogP contribution < -0.4 is 11.5 Å². The van der Waals surface area contributed by atoms with Gasteiger partial charge in [0.1, 0.15) is 11.4 Å². The highest BCUT2D eigenvalue weighted by atomic mass is 16.4. The summed E-state index contributed by atoms with van der Waals surface area (Å²) in [4.78, 5) is 45.7. The summed E-state index contributed by atoms with van der Waals surface area (Å²) in [5, 5.41) is 48.6. The van der Waals surface area contributed by atoms with Gasteiger partial charge in [-0.2, -0.15) is 0 Å². The number of allylic oxidation sites excluding steroid dienone is 1. The number of ketones is 2. The number of hydrogen-bond acceptors (Lipinski definition) is 7. The highest BCUT2D eigenvalue weighted by Gasteiger charge is 2.81. The van der Waals surface area contributed by atoms with Gasteiger partial charge in [-0.15, -0.1) is 0 Å². The zero-order valence-electron chi connectivity index (χ0n) is 33.8. The van der Waals surface area contributed by atoms with E-state index in [1.165, 1.54) is 13.0 Å². The molecule has 0 radical (unpaired) electrons. The van der Waals surface area contributed by atoms with Crippen LogP contribution in [0.4, 0.5) is 0 Å². The minimum Gasteiger partial charge on any atom is -0.478 e. The van der Waals surface area contributed by atoms with Crippen molar-refractivity contribution < 1.29 is 34.8 Å². The number of carboxylic acid groups (broad SMARTS) is 1. The first-order chi connectivity index (χ1) is 26.2. The molecule has 1 aromatic rings. The molecule has 0 aliphatic heterocycles. The van der Waals surface area contributed by atoms with E-state index in [-0.39, 0.29) is 54.3 Å². The number of aliphatic carboxylic acids is 1. The molecule has 10 nitrogen and oxygen atoms in total. The second-order valence-corrected chi connectivity index (χ2v) is 19.2. The van der Waals surface area contributed by atoms with Crippen LogP contribution in [0.2, 0.25) is 0 Å². The predicted octanol–water partition coefficient (Wildman–Crippen LogP) is 5.76. The Morgan fingerprint density at radius 1 is 1.04 bits per heavy atom. The maximum atomic E-state index is 15.6. The van der Waals surface area contributed by atoms with Gasteiger partial charge in [0.05, 0.1) is 11.7 Å². The topological polar surface area (TPSA) is 197 Å². The third kappa shape index (κ3) is 5.52. The summed E-state index contributed by atoms with van der Waals surface area (Å²) in [5.74, 6) is -3.64. The van der Waals surface area contributed by atoms with Crippen LogP contribution in [0, 0.1) is 57.2 Å². The van der Waals surface area contributed by atoms with Gasteiger partial charge in [0.25, 0.3) is 0 Å². The van der Waals surface area contributed by atoms with E-state index in [1.807, 2.05) is 63.3 Å². The molecule has 56 heavy (non-hydrogen) atoms. The van der Waals surface area contributed by atoms with Gasteiger partial charge >= 0.3 is 5.97 Å². The Bertz CT molecular complexity index is 1960. The van der Waals surface area contributed by atoms with Crippen LogP contribution in [-0.4, -0.2) is 67.8 Å². The largest absolute Gasteiger partial charge is 0.478 e. The number of hydrogen-bond donors (Lipinski definition) is 6. The van der Waals surface area contributed by atoms with Crippen molar-refractivity contribution in [2.45, 2.75) is 110 Å². The molecule has 6 aliphatic carbocycles. The molecule has 0 spiro atoms. The number of carbonyl (C=O) groups is 3. The lowest BCUT2D eigenvalue weighted by Crippen LogP contribution is -2.70. The van der Waals surface area contributed by atoms with E-state index in [9.17, 15) is 30.0 Å². The first-order valence-electron chi connectivity index (χ1n) is 20.6. The zero-order valence-corrected chi connectivity index (χ0v) is 33.8. The number of rotatable bonds is 10. The van der Waals surface area contributed by atoms with Crippen molar-refractivity contribution >= 4 is 29.6 Å². The third-order valence-corrected chi connectivity index (χ3v) is 16.3. The number of carbonyl (C=O) groups excluding carboxylic acids is 2. The highest BCUT2D eigenvalue weighted by Crippen LogP contribution is 2.80. The van der Waals surface area contributed by atoms with Crippen LogP contribution in [0.5, 0.6) is 0 Å². The first kappa shape index (κ1) is 40.3. The molecular formula is C46H61N3O7. The Labute approximate surface area is 330 Å². The van der Waals surface area contributed by atoms with Crippen molar-refractivity contribution in [3.8, 4) is 0 Å². The molecule has 8 N–H and O–H groups in total. The summed E-state index contributed by atoms with van der Waals surface area (Å²) < 4.78 is 0. The quantitative estimate of drug-likeness (QED) is 0.0742. The van der Waals surface area contributed by atoms with Gasteiger partial charge in [0.15, 0.2) is 11.7 Å². The number of guanidine groups is 1. The van der Waals surface area contributed by atoms with Crippen LogP contribution in [0.25, 0.3) is 6.08 Å². The number of aliphatic imine (C=N–C) groups is 1. The van der Waals surface area contributed by atoms with Crippen LogP contribution >= 0.6 is 0 Å². The summed E-state index contributed by atoms with van der Waals surface area (Å²) in [5.41, 5.74) is 7.01. The molecule has 11 atom stereocenters. The number of aliphatic hydroxyl groups excluding tert-OH is 1. The van der Waals surface area contributed by atoms with Crippen LogP contribution in [0.1, 0.15) is 98.5 Å². The molecule has 10 heteroatoms. The Morgan fingerprint density at radius 3 is 2.32 bits per heavy atom. The summed E-state index contributed by atoms with van der Waals surface area (Å²) in [6, 6.07) is 9.87. The molecule has 3 saturated carbocycles. The average Bonchev–Trinajstić information content (AvgIpc) is 3.75. The second-order valence-electron chi connectivity index (χ2n) is 19.2. The predicted molar refractivity (Wildman–Crippen MR) is 216 cm³/mol. The van der Waals surface area contributed by atoms with E-state index < -0.39 is 68.6 Å². The molecule has 0 heterocycles. The molecule has 302 valence electrons. The highest BCUT2D eigenvalue weighted by molar-refractivity contribution is 6.02. The monoisotopic (exact) mass is 767 g/mol. The number of nitrogens with zero attached hydrogens (tertiary/aromatic N) is 1. The van der Waals surface area contributed by atoms with Gasteiger partial charge in [-0.25, -0.2) is 4.79 Å². The van der Waals surface area contributed by atoms with Gasteiger partial charge in [0, 0.05) is 58.6 Å². The minimum atomic E-state index is -1.70. The normalized spacial score (nSPS) is 39.3. The van der Waals surface area contributed by atoms with Crippen molar-refractivity contribution in [2.75, 3.05) is 6.54 Å². The van der Waals surface area contributed by atoms with E-state index in [0.717, 1.165) is 31.2 Å².